The lowest BCUT2D eigenvalue weighted by molar-refractivity contribution is -0.121. The summed E-state index contributed by atoms with van der Waals surface area (Å²) in [6.07, 6.45) is 3.25. The van der Waals surface area contributed by atoms with Crippen LogP contribution in [0.5, 0.6) is 5.75 Å². The maximum atomic E-state index is 12.6. The summed E-state index contributed by atoms with van der Waals surface area (Å²) in [5.41, 5.74) is 0.244. The molecule has 2 aliphatic heterocycles. The second kappa shape index (κ2) is 8.28. The molecule has 3 rings (SSSR count). The lowest BCUT2D eigenvalue weighted by Crippen LogP contribution is -2.47. The standard InChI is InChI=1S/C19H25N3O5/c1-27-14-4-5-16(15(12-14)18(24)25)20-17(23)13-6-10-22(11-7-13)19(26)21-8-2-3-9-21/h4-5,12-13H,2-3,6-11H2,1H3,(H,20,23)(H,24,25). The van der Waals surface area contributed by atoms with E-state index in [4.69, 9.17) is 4.74 Å². The van der Waals surface area contributed by atoms with E-state index in [1.807, 2.05) is 9.80 Å². The molecular formula is C19H25N3O5. The third-order valence-corrected chi connectivity index (χ3v) is 5.23. The van der Waals surface area contributed by atoms with Crippen LogP contribution < -0.4 is 10.1 Å². The normalized spacial score (nSPS) is 17.7. The molecular weight excluding hydrogens is 350 g/mol. The molecule has 1 aromatic carbocycles. The van der Waals surface area contributed by atoms with E-state index in [9.17, 15) is 19.5 Å². The Morgan fingerprint density at radius 1 is 1.07 bits per heavy atom. The van der Waals surface area contributed by atoms with E-state index >= 15 is 0 Å². The van der Waals surface area contributed by atoms with Gasteiger partial charge in [0.2, 0.25) is 5.91 Å². The van der Waals surface area contributed by atoms with Gasteiger partial charge < -0.3 is 25.0 Å². The van der Waals surface area contributed by atoms with Gasteiger partial charge in [0.1, 0.15) is 5.75 Å². The number of nitrogens with one attached hydrogen (secondary N) is 1. The molecule has 0 saturated carbocycles. The molecule has 3 amide bonds. The monoisotopic (exact) mass is 375 g/mol. The van der Waals surface area contributed by atoms with Crippen LogP contribution in [0.1, 0.15) is 36.0 Å². The van der Waals surface area contributed by atoms with Crippen LogP contribution in [0.2, 0.25) is 0 Å². The fourth-order valence-corrected chi connectivity index (χ4v) is 3.61. The first-order chi connectivity index (χ1) is 13.0. The number of amides is 3. The molecule has 0 spiro atoms. The van der Waals surface area contributed by atoms with Gasteiger partial charge in [-0.15, -0.1) is 0 Å². The number of urea groups is 1. The summed E-state index contributed by atoms with van der Waals surface area (Å²) >= 11 is 0. The highest BCUT2D eigenvalue weighted by Crippen LogP contribution is 2.25. The summed E-state index contributed by atoms with van der Waals surface area (Å²) in [5.74, 6) is -1.17. The number of nitrogens with zero attached hydrogens (tertiary/aromatic N) is 2. The van der Waals surface area contributed by atoms with Gasteiger partial charge in [-0.2, -0.15) is 0 Å². The van der Waals surface area contributed by atoms with E-state index in [1.54, 1.807) is 6.07 Å². The first-order valence-corrected chi connectivity index (χ1v) is 9.25. The number of hydrogen-bond acceptors (Lipinski definition) is 4. The smallest absolute Gasteiger partial charge is 0.337 e. The predicted octanol–water partition coefficient (Wildman–Crippen LogP) is 2.26. The van der Waals surface area contributed by atoms with Crippen molar-refractivity contribution in [2.45, 2.75) is 25.7 Å². The Morgan fingerprint density at radius 2 is 1.70 bits per heavy atom. The minimum Gasteiger partial charge on any atom is -0.497 e. The molecule has 27 heavy (non-hydrogen) atoms. The zero-order chi connectivity index (χ0) is 19.4. The SMILES string of the molecule is COc1ccc(NC(=O)C2CCN(C(=O)N3CCCC3)CC2)c(C(=O)O)c1. The van der Waals surface area contributed by atoms with Gasteiger partial charge in [-0.1, -0.05) is 0 Å². The van der Waals surface area contributed by atoms with E-state index in [2.05, 4.69) is 5.32 Å². The minimum atomic E-state index is -1.13. The lowest BCUT2D eigenvalue weighted by atomic mass is 9.95. The molecule has 2 aliphatic rings. The molecule has 1 aromatic rings. The Labute approximate surface area is 158 Å². The predicted molar refractivity (Wildman–Crippen MR) is 99.1 cm³/mol. The Bertz CT molecular complexity index is 722. The molecule has 0 radical (unpaired) electrons. The van der Waals surface area contributed by atoms with Gasteiger partial charge in [0, 0.05) is 32.1 Å². The fourth-order valence-electron chi connectivity index (χ4n) is 3.61. The molecule has 2 N–H and O–H groups in total. The number of anilines is 1. The molecule has 0 aromatic heterocycles. The van der Waals surface area contributed by atoms with Crippen molar-refractivity contribution in [1.29, 1.82) is 0 Å². The molecule has 2 saturated heterocycles. The number of ether oxygens (including phenoxy) is 1. The number of likely N-dealkylation sites (tertiary alicyclic amines) is 2. The van der Waals surface area contributed by atoms with E-state index in [0.29, 0.717) is 31.7 Å². The van der Waals surface area contributed by atoms with Gasteiger partial charge in [-0.3, -0.25) is 4.79 Å². The quantitative estimate of drug-likeness (QED) is 0.841. The number of aromatic carboxylic acids is 1. The highest BCUT2D eigenvalue weighted by Gasteiger charge is 2.30. The van der Waals surface area contributed by atoms with E-state index in [-0.39, 0.29) is 29.1 Å². The zero-order valence-corrected chi connectivity index (χ0v) is 15.4. The molecule has 0 bridgehead atoms. The Kier molecular flexibility index (Phi) is 5.83. The number of carbonyl (C=O) groups is 3. The van der Waals surface area contributed by atoms with Crippen molar-refractivity contribution >= 4 is 23.6 Å². The first kappa shape index (κ1) is 19.0. The van der Waals surface area contributed by atoms with E-state index < -0.39 is 5.97 Å². The molecule has 2 fully saturated rings. The van der Waals surface area contributed by atoms with Crippen molar-refractivity contribution in [3.8, 4) is 5.75 Å². The third-order valence-electron chi connectivity index (χ3n) is 5.23. The molecule has 0 aliphatic carbocycles. The number of benzene rings is 1. The van der Waals surface area contributed by atoms with Gasteiger partial charge in [0.25, 0.3) is 0 Å². The summed E-state index contributed by atoms with van der Waals surface area (Å²) < 4.78 is 5.04. The molecule has 2 heterocycles. The molecule has 0 atom stereocenters. The van der Waals surface area contributed by atoms with Crippen LogP contribution in [-0.4, -0.2) is 66.1 Å². The zero-order valence-electron chi connectivity index (χ0n) is 15.4. The molecule has 146 valence electrons. The van der Waals surface area contributed by atoms with Crippen molar-refractivity contribution < 1.29 is 24.2 Å². The number of carboxylic acid groups (broad SMARTS) is 1. The summed E-state index contributed by atoms with van der Waals surface area (Å²) in [6.45, 7) is 2.72. The highest BCUT2D eigenvalue weighted by atomic mass is 16.5. The fraction of sp³-hybridized carbons (Fsp3) is 0.526. The van der Waals surface area contributed by atoms with Crippen LogP contribution in [0, 0.1) is 5.92 Å². The Morgan fingerprint density at radius 3 is 2.30 bits per heavy atom. The summed E-state index contributed by atoms with van der Waals surface area (Å²) in [4.78, 5) is 40.1. The highest BCUT2D eigenvalue weighted by molar-refractivity contribution is 6.01. The van der Waals surface area contributed by atoms with Crippen LogP contribution in [0.3, 0.4) is 0 Å². The first-order valence-electron chi connectivity index (χ1n) is 9.25. The second-order valence-electron chi connectivity index (χ2n) is 6.94. The summed E-state index contributed by atoms with van der Waals surface area (Å²) in [6, 6.07) is 4.59. The van der Waals surface area contributed by atoms with Crippen molar-refractivity contribution in [3.05, 3.63) is 23.8 Å². The Balaban J connectivity index is 1.58. The number of hydrogen-bond donors (Lipinski definition) is 2. The average molecular weight is 375 g/mol. The van der Waals surface area contributed by atoms with Gasteiger partial charge >= 0.3 is 12.0 Å². The number of methoxy groups -OCH3 is 1. The van der Waals surface area contributed by atoms with Crippen LogP contribution in [0.4, 0.5) is 10.5 Å². The van der Waals surface area contributed by atoms with Crippen LogP contribution in [0.25, 0.3) is 0 Å². The third kappa shape index (κ3) is 4.32. The number of piperidine rings is 1. The van der Waals surface area contributed by atoms with E-state index in [0.717, 1.165) is 25.9 Å². The second-order valence-corrected chi connectivity index (χ2v) is 6.94. The van der Waals surface area contributed by atoms with Crippen LogP contribution in [0.15, 0.2) is 18.2 Å². The number of rotatable bonds is 4. The maximum absolute atomic E-state index is 12.6. The van der Waals surface area contributed by atoms with Gasteiger partial charge in [-0.05, 0) is 43.9 Å². The average Bonchev–Trinajstić information content (AvgIpc) is 3.22. The van der Waals surface area contributed by atoms with Crippen LogP contribution in [-0.2, 0) is 4.79 Å². The summed E-state index contributed by atoms with van der Waals surface area (Å²) in [5, 5.41) is 12.1. The minimum absolute atomic E-state index is 0.00986. The van der Waals surface area contributed by atoms with Crippen molar-refractivity contribution in [2.24, 2.45) is 5.92 Å². The van der Waals surface area contributed by atoms with E-state index in [1.165, 1.54) is 19.2 Å². The number of carboxylic acids is 1. The summed E-state index contributed by atoms with van der Waals surface area (Å²) in [7, 11) is 1.45. The molecule has 8 nitrogen and oxygen atoms in total. The van der Waals surface area contributed by atoms with Crippen molar-refractivity contribution in [2.75, 3.05) is 38.6 Å². The van der Waals surface area contributed by atoms with Crippen molar-refractivity contribution in [3.63, 3.8) is 0 Å². The Hall–Kier alpha value is -2.77. The maximum Gasteiger partial charge on any atom is 0.337 e. The topological polar surface area (TPSA) is 99.2 Å². The largest absolute Gasteiger partial charge is 0.497 e. The molecule has 0 unspecified atom stereocenters. The van der Waals surface area contributed by atoms with Gasteiger partial charge in [0.05, 0.1) is 18.4 Å². The molecule has 8 heteroatoms. The lowest BCUT2D eigenvalue weighted by Gasteiger charge is -2.34. The number of carbonyl (C=O) groups excluding carboxylic acids is 2. The van der Waals surface area contributed by atoms with Gasteiger partial charge in [-0.25, -0.2) is 9.59 Å². The van der Waals surface area contributed by atoms with Gasteiger partial charge in [0.15, 0.2) is 0 Å². The van der Waals surface area contributed by atoms with Crippen LogP contribution >= 0.6 is 0 Å². The van der Waals surface area contributed by atoms with Crippen molar-refractivity contribution in [1.82, 2.24) is 9.80 Å².